The van der Waals surface area contributed by atoms with Crippen molar-refractivity contribution in [3.05, 3.63) is 65.2 Å². The summed E-state index contributed by atoms with van der Waals surface area (Å²) in [6, 6.07) is 15.5. The van der Waals surface area contributed by atoms with Crippen molar-refractivity contribution < 1.29 is 19.1 Å². The molecule has 1 fully saturated rings. The summed E-state index contributed by atoms with van der Waals surface area (Å²) in [6.07, 6.45) is -0.226. The summed E-state index contributed by atoms with van der Waals surface area (Å²) < 4.78 is 10.7. The number of nitrogens with two attached hydrogens (primary N) is 1. The number of carbonyl (C=O) groups is 2. The van der Waals surface area contributed by atoms with E-state index in [0.29, 0.717) is 32.6 Å². The maximum atomic E-state index is 12.4. The van der Waals surface area contributed by atoms with Gasteiger partial charge in [-0.05, 0) is 35.2 Å². The van der Waals surface area contributed by atoms with Gasteiger partial charge in [0.15, 0.2) is 0 Å². The number of carbonyl (C=O) groups excluding carboxylic acids is 2. The molecule has 2 aromatic rings. The van der Waals surface area contributed by atoms with E-state index in [4.69, 9.17) is 15.2 Å². The lowest BCUT2D eigenvalue weighted by Crippen LogP contribution is -2.36. The van der Waals surface area contributed by atoms with Gasteiger partial charge in [0.05, 0.1) is 6.54 Å². The molecule has 0 unspecified atom stereocenters. The summed E-state index contributed by atoms with van der Waals surface area (Å²) in [5, 5.41) is 0. The topological polar surface area (TPSA) is 85.1 Å². The molecule has 4 rings (SSSR count). The minimum atomic E-state index is -0.364. The van der Waals surface area contributed by atoms with Crippen molar-refractivity contribution in [2.75, 3.05) is 24.5 Å². The summed E-state index contributed by atoms with van der Waals surface area (Å²) in [6.45, 7) is 2.12. The highest BCUT2D eigenvalue weighted by Gasteiger charge is 2.32. The van der Waals surface area contributed by atoms with E-state index in [1.807, 2.05) is 48.5 Å². The molecule has 0 aliphatic carbocycles. The van der Waals surface area contributed by atoms with Crippen LogP contribution in [0, 0.1) is 0 Å². The number of hydrogen-bond acceptors (Lipinski definition) is 5. The minimum absolute atomic E-state index is 0.265. The summed E-state index contributed by atoms with van der Waals surface area (Å²) >= 11 is 0. The van der Waals surface area contributed by atoms with Gasteiger partial charge >= 0.3 is 12.2 Å². The van der Waals surface area contributed by atoms with E-state index in [2.05, 4.69) is 0 Å². The fourth-order valence-electron chi connectivity index (χ4n) is 3.53. The second-order valence-corrected chi connectivity index (χ2v) is 7.02. The van der Waals surface area contributed by atoms with Crippen LogP contribution in [0.5, 0.6) is 0 Å². The first-order chi connectivity index (χ1) is 13.6. The first kappa shape index (κ1) is 18.3. The predicted molar refractivity (Wildman–Crippen MR) is 104 cm³/mol. The fraction of sp³-hybridized carbons (Fsp3) is 0.333. The van der Waals surface area contributed by atoms with Crippen LogP contribution in [0.4, 0.5) is 15.3 Å². The monoisotopic (exact) mass is 381 g/mol. The van der Waals surface area contributed by atoms with Gasteiger partial charge in [-0.15, -0.1) is 0 Å². The van der Waals surface area contributed by atoms with Crippen LogP contribution in [-0.2, 0) is 29.0 Å². The van der Waals surface area contributed by atoms with Crippen LogP contribution in [-0.4, -0.2) is 42.8 Å². The lowest BCUT2D eigenvalue weighted by molar-refractivity contribution is 0.0918. The second kappa shape index (κ2) is 7.90. The molecule has 28 heavy (non-hydrogen) atoms. The molecule has 7 heteroatoms. The van der Waals surface area contributed by atoms with Gasteiger partial charge in [0.25, 0.3) is 0 Å². The van der Waals surface area contributed by atoms with Crippen molar-refractivity contribution in [1.82, 2.24) is 4.90 Å². The number of rotatable bonds is 4. The van der Waals surface area contributed by atoms with Crippen molar-refractivity contribution in [1.29, 1.82) is 0 Å². The number of ether oxygens (including phenoxy) is 2. The molecule has 146 valence electrons. The van der Waals surface area contributed by atoms with Crippen LogP contribution >= 0.6 is 0 Å². The number of benzene rings is 2. The van der Waals surface area contributed by atoms with Gasteiger partial charge in [0, 0.05) is 25.3 Å². The van der Waals surface area contributed by atoms with Crippen LogP contribution < -0.4 is 10.6 Å². The molecule has 2 heterocycles. The maximum Gasteiger partial charge on any atom is 0.414 e. The first-order valence-electron chi connectivity index (χ1n) is 9.39. The van der Waals surface area contributed by atoms with E-state index >= 15 is 0 Å². The van der Waals surface area contributed by atoms with E-state index in [1.165, 1.54) is 0 Å². The third-order valence-corrected chi connectivity index (χ3v) is 5.11. The Bertz CT molecular complexity index is 871. The smallest absolute Gasteiger partial charge is 0.414 e. The standard InChI is InChI=1S/C21H23N3O4/c22-11-19-13-24(21(26)28-19)18-7-6-17-12-23(9-8-16(17)10-18)20(25)27-14-15-4-2-1-3-5-15/h1-7,10,19H,8-9,11-14,22H2/t19-/m0/s1. The van der Waals surface area contributed by atoms with Crippen LogP contribution in [0.25, 0.3) is 0 Å². The Balaban J connectivity index is 1.39. The highest BCUT2D eigenvalue weighted by atomic mass is 16.6. The van der Waals surface area contributed by atoms with Crippen molar-refractivity contribution in [2.45, 2.75) is 25.7 Å². The predicted octanol–water partition coefficient (Wildman–Crippen LogP) is 2.67. The highest BCUT2D eigenvalue weighted by molar-refractivity contribution is 5.90. The highest BCUT2D eigenvalue weighted by Crippen LogP contribution is 2.27. The maximum absolute atomic E-state index is 12.4. The molecule has 2 amide bonds. The van der Waals surface area contributed by atoms with Gasteiger partial charge in [-0.25, -0.2) is 9.59 Å². The molecule has 1 atom stereocenters. The molecule has 0 radical (unpaired) electrons. The lowest BCUT2D eigenvalue weighted by atomic mass is 9.99. The van der Waals surface area contributed by atoms with Gasteiger partial charge in [-0.3, -0.25) is 4.90 Å². The zero-order valence-electron chi connectivity index (χ0n) is 15.5. The van der Waals surface area contributed by atoms with E-state index < -0.39 is 0 Å². The molecule has 0 spiro atoms. The number of fused-ring (bicyclic) bond motifs is 1. The van der Waals surface area contributed by atoms with E-state index in [0.717, 1.165) is 22.4 Å². The third kappa shape index (κ3) is 3.80. The van der Waals surface area contributed by atoms with Crippen molar-refractivity contribution in [3.8, 4) is 0 Å². The Labute approximate surface area is 163 Å². The molecule has 0 bridgehead atoms. The van der Waals surface area contributed by atoms with Crippen LogP contribution in [0.2, 0.25) is 0 Å². The summed E-state index contributed by atoms with van der Waals surface area (Å²) in [5.41, 5.74) is 9.57. The summed E-state index contributed by atoms with van der Waals surface area (Å²) in [5.74, 6) is 0. The molecular formula is C21H23N3O4. The van der Waals surface area contributed by atoms with Gasteiger partial charge in [0.2, 0.25) is 0 Å². The van der Waals surface area contributed by atoms with E-state index in [1.54, 1.807) is 9.80 Å². The molecule has 2 aromatic carbocycles. The van der Waals surface area contributed by atoms with Crippen LogP contribution in [0.1, 0.15) is 16.7 Å². The Morgan fingerprint density at radius 1 is 1.18 bits per heavy atom. The number of cyclic esters (lactones) is 1. The lowest BCUT2D eigenvalue weighted by Gasteiger charge is -2.29. The second-order valence-electron chi connectivity index (χ2n) is 7.02. The number of amides is 2. The SMILES string of the molecule is NC[C@H]1CN(c2ccc3c(c2)CCN(C(=O)OCc2ccccc2)C3)C(=O)O1. The summed E-state index contributed by atoms with van der Waals surface area (Å²) in [4.78, 5) is 27.7. The molecule has 0 aromatic heterocycles. The van der Waals surface area contributed by atoms with Gasteiger partial charge < -0.3 is 20.1 Å². The molecule has 7 nitrogen and oxygen atoms in total. The molecule has 2 aliphatic heterocycles. The molecule has 1 saturated heterocycles. The normalized spacial score (nSPS) is 18.6. The van der Waals surface area contributed by atoms with Crippen LogP contribution in [0.3, 0.4) is 0 Å². The zero-order chi connectivity index (χ0) is 19.5. The van der Waals surface area contributed by atoms with Crippen LogP contribution in [0.15, 0.2) is 48.5 Å². The average Bonchev–Trinajstić information content (AvgIpc) is 3.12. The first-order valence-corrected chi connectivity index (χ1v) is 9.39. The third-order valence-electron chi connectivity index (χ3n) is 5.11. The Kier molecular flexibility index (Phi) is 5.16. The minimum Gasteiger partial charge on any atom is -0.445 e. The zero-order valence-corrected chi connectivity index (χ0v) is 15.5. The quantitative estimate of drug-likeness (QED) is 0.880. The summed E-state index contributed by atoms with van der Waals surface area (Å²) in [7, 11) is 0. The number of anilines is 1. The average molecular weight is 381 g/mol. The van der Waals surface area contributed by atoms with Crippen molar-refractivity contribution in [3.63, 3.8) is 0 Å². The largest absolute Gasteiger partial charge is 0.445 e. The number of nitrogens with zero attached hydrogens (tertiary/aromatic N) is 2. The molecular weight excluding hydrogens is 358 g/mol. The molecule has 0 saturated carbocycles. The fourth-order valence-corrected chi connectivity index (χ4v) is 3.53. The van der Waals surface area contributed by atoms with E-state index in [-0.39, 0.29) is 24.9 Å². The van der Waals surface area contributed by atoms with Crippen molar-refractivity contribution in [2.24, 2.45) is 5.73 Å². The van der Waals surface area contributed by atoms with Crippen molar-refractivity contribution >= 4 is 17.9 Å². The molecule has 2 aliphatic rings. The van der Waals surface area contributed by atoms with Gasteiger partial charge in [0.1, 0.15) is 12.7 Å². The molecule has 2 N–H and O–H groups in total. The van der Waals surface area contributed by atoms with E-state index in [9.17, 15) is 9.59 Å². The number of hydrogen-bond donors (Lipinski definition) is 1. The Morgan fingerprint density at radius 3 is 2.75 bits per heavy atom. The van der Waals surface area contributed by atoms with Gasteiger partial charge in [-0.2, -0.15) is 0 Å². The Hall–Kier alpha value is -3.06. The van der Waals surface area contributed by atoms with Gasteiger partial charge in [-0.1, -0.05) is 36.4 Å². The Morgan fingerprint density at radius 2 is 2.00 bits per heavy atom.